The molecule has 4 heteroatoms. The van der Waals surface area contributed by atoms with Crippen LogP contribution in [0.5, 0.6) is 0 Å². The van der Waals surface area contributed by atoms with E-state index < -0.39 is 0 Å². The smallest absolute Gasteiger partial charge is 0.270 e. The van der Waals surface area contributed by atoms with Crippen LogP contribution in [-0.4, -0.2) is 41.2 Å². The summed E-state index contributed by atoms with van der Waals surface area (Å²) in [4.78, 5) is 14.9. The van der Waals surface area contributed by atoms with Gasteiger partial charge in [-0.1, -0.05) is 30.3 Å². The molecule has 0 N–H and O–H groups in total. The second kappa shape index (κ2) is 7.67. The molecular formula is C22H28N2O2. The van der Waals surface area contributed by atoms with Gasteiger partial charge >= 0.3 is 0 Å². The predicted octanol–water partition coefficient (Wildman–Crippen LogP) is 3.53. The third-order valence-corrected chi connectivity index (χ3v) is 5.70. The van der Waals surface area contributed by atoms with E-state index in [0.717, 1.165) is 44.1 Å². The summed E-state index contributed by atoms with van der Waals surface area (Å²) >= 11 is 0. The average molecular weight is 352 g/mol. The molecule has 0 bridgehead atoms. The fourth-order valence-corrected chi connectivity index (χ4v) is 3.92. The topological polar surface area (TPSA) is 34.5 Å². The fraction of sp³-hybridized carbons (Fsp3) is 0.500. The Kier molecular flexibility index (Phi) is 5.11. The number of likely N-dealkylation sites (tertiary alicyclic amines) is 1. The van der Waals surface area contributed by atoms with E-state index in [9.17, 15) is 4.79 Å². The Bertz CT molecular complexity index is 736. The number of ether oxygens (including phenoxy) is 1. The number of aromatic nitrogens is 1. The molecule has 1 aromatic heterocycles. The van der Waals surface area contributed by atoms with Crippen molar-refractivity contribution >= 4 is 5.91 Å². The minimum Gasteiger partial charge on any atom is -0.377 e. The van der Waals surface area contributed by atoms with Gasteiger partial charge in [-0.3, -0.25) is 4.79 Å². The molecule has 1 amide bonds. The van der Waals surface area contributed by atoms with Gasteiger partial charge < -0.3 is 14.2 Å². The van der Waals surface area contributed by atoms with E-state index in [0.29, 0.717) is 5.92 Å². The number of benzene rings is 1. The summed E-state index contributed by atoms with van der Waals surface area (Å²) < 4.78 is 8.20. The van der Waals surface area contributed by atoms with Gasteiger partial charge in [-0.25, -0.2) is 0 Å². The molecule has 0 radical (unpaired) electrons. The molecule has 0 unspecified atom stereocenters. The van der Waals surface area contributed by atoms with E-state index >= 15 is 0 Å². The highest BCUT2D eigenvalue weighted by atomic mass is 16.5. The third kappa shape index (κ3) is 4.01. The zero-order chi connectivity index (χ0) is 17.9. The highest BCUT2D eigenvalue weighted by molar-refractivity contribution is 5.92. The van der Waals surface area contributed by atoms with Crippen LogP contribution in [0.2, 0.25) is 0 Å². The molecule has 1 aromatic carbocycles. The number of nitrogens with zero attached hydrogens (tertiary/aromatic N) is 2. The van der Waals surface area contributed by atoms with Crippen LogP contribution < -0.4 is 0 Å². The Morgan fingerprint density at radius 2 is 1.92 bits per heavy atom. The quantitative estimate of drug-likeness (QED) is 0.797. The van der Waals surface area contributed by atoms with Crippen molar-refractivity contribution < 1.29 is 9.53 Å². The number of carbonyl (C=O) groups excluding carboxylic acids is 1. The molecule has 1 aliphatic carbocycles. The molecule has 138 valence electrons. The van der Waals surface area contributed by atoms with Crippen LogP contribution in [0.3, 0.4) is 0 Å². The van der Waals surface area contributed by atoms with Crippen molar-refractivity contribution in [1.29, 1.82) is 0 Å². The maximum atomic E-state index is 12.9. The molecule has 4 rings (SSSR count). The first-order valence-electron chi connectivity index (χ1n) is 9.77. The minimum absolute atomic E-state index is 0.135. The molecule has 26 heavy (non-hydrogen) atoms. The number of rotatable bonds is 6. The van der Waals surface area contributed by atoms with Crippen LogP contribution in [0.4, 0.5) is 0 Å². The van der Waals surface area contributed by atoms with Gasteiger partial charge in [0.25, 0.3) is 5.91 Å². The van der Waals surface area contributed by atoms with E-state index in [1.54, 1.807) is 0 Å². The van der Waals surface area contributed by atoms with Gasteiger partial charge in [0, 0.05) is 38.9 Å². The Labute approximate surface area is 155 Å². The van der Waals surface area contributed by atoms with Crippen LogP contribution in [0.25, 0.3) is 0 Å². The maximum Gasteiger partial charge on any atom is 0.270 e. The lowest BCUT2D eigenvalue weighted by Crippen LogP contribution is -2.48. The number of amides is 1. The molecule has 0 spiro atoms. The lowest BCUT2D eigenvalue weighted by atomic mass is 9.88. The van der Waals surface area contributed by atoms with Crippen molar-refractivity contribution in [2.75, 3.05) is 19.7 Å². The van der Waals surface area contributed by atoms with E-state index in [2.05, 4.69) is 30.3 Å². The molecule has 2 aromatic rings. The van der Waals surface area contributed by atoms with Crippen LogP contribution in [-0.2, 0) is 18.2 Å². The first-order chi connectivity index (χ1) is 12.7. The van der Waals surface area contributed by atoms with Gasteiger partial charge in [0.1, 0.15) is 5.69 Å². The molecule has 2 aliphatic rings. The Balaban J connectivity index is 1.46. The van der Waals surface area contributed by atoms with Crippen molar-refractivity contribution in [3.05, 3.63) is 59.9 Å². The standard InChI is InChI=1S/C22H28N2O2/c1-23-12-5-8-20(23)22(25)24-13-11-21(26-16-18-9-10-18)19(15-24)14-17-6-3-2-4-7-17/h2-8,12,18-19,21H,9-11,13-16H2,1H3/t19-,21-/m1/s1. The molecule has 1 aliphatic heterocycles. The second-order valence-electron chi connectivity index (χ2n) is 7.81. The highest BCUT2D eigenvalue weighted by Crippen LogP contribution is 2.32. The number of hydrogen-bond donors (Lipinski definition) is 0. The van der Waals surface area contributed by atoms with Gasteiger partial charge in [0.2, 0.25) is 0 Å². The van der Waals surface area contributed by atoms with Crippen molar-refractivity contribution in [2.24, 2.45) is 18.9 Å². The van der Waals surface area contributed by atoms with Gasteiger partial charge in [0.05, 0.1) is 6.10 Å². The van der Waals surface area contributed by atoms with Crippen molar-refractivity contribution in [1.82, 2.24) is 9.47 Å². The minimum atomic E-state index is 0.135. The van der Waals surface area contributed by atoms with E-state index in [1.165, 1.54) is 18.4 Å². The summed E-state index contributed by atoms with van der Waals surface area (Å²) in [6.07, 6.45) is 6.71. The van der Waals surface area contributed by atoms with Crippen molar-refractivity contribution in [3.8, 4) is 0 Å². The molecule has 2 atom stereocenters. The van der Waals surface area contributed by atoms with Gasteiger partial charge in [-0.05, 0) is 49.3 Å². The van der Waals surface area contributed by atoms with Gasteiger partial charge in [0.15, 0.2) is 0 Å². The monoisotopic (exact) mass is 352 g/mol. The highest BCUT2D eigenvalue weighted by Gasteiger charge is 2.34. The van der Waals surface area contributed by atoms with E-state index in [4.69, 9.17) is 4.74 Å². The lowest BCUT2D eigenvalue weighted by molar-refractivity contribution is -0.0327. The summed E-state index contributed by atoms with van der Waals surface area (Å²) in [7, 11) is 1.93. The average Bonchev–Trinajstić information content (AvgIpc) is 3.40. The largest absolute Gasteiger partial charge is 0.377 e. The first-order valence-corrected chi connectivity index (χ1v) is 9.77. The predicted molar refractivity (Wildman–Crippen MR) is 102 cm³/mol. The van der Waals surface area contributed by atoms with Crippen LogP contribution >= 0.6 is 0 Å². The number of hydrogen-bond acceptors (Lipinski definition) is 2. The molecule has 4 nitrogen and oxygen atoms in total. The van der Waals surface area contributed by atoms with Gasteiger partial charge in [-0.2, -0.15) is 0 Å². The summed E-state index contributed by atoms with van der Waals surface area (Å²) in [5.41, 5.74) is 2.09. The molecule has 2 heterocycles. The number of aryl methyl sites for hydroxylation is 1. The van der Waals surface area contributed by atoms with Gasteiger partial charge in [-0.15, -0.1) is 0 Å². The molecule has 1 saturated heterocycles. The first kappa shape index (κ1) is 17.3. The van der Waals surface area contributed by atoms with E-state index in [1.807, 2.05) is 34.8 Å². The number of carbonyl (C=O) groups is 1. The van der Waals surface area contributed by atoms with E-state index in [-0.39, 0.29) is 12.0 Å². The molecule has 2 fully saturated rings. The molecule has 1 saturated carbocycles. The van der Waals surface area contributed by atoms with Crippen molar-refractivity contribution in [2.45, 2.75) is 31.8 Å². The molecular weight excluding hydrogens is 324 g/mol. The summed E-state index contributed by atoms with van der Waals surface area (Å²) in [5, 5.41) is 0. The Hall–Kier alpha value is -2.07. The zero-order valence-electron chi connectivity index (χ0n) is 15.5. The Morgan fingerprint density at radius 1 is 1.12 bits per heavy atom. The van der Waals surface area contributed by atoms with Crippen LogP contribution in [0.15, 0.2) is 48.7 Å². The normalized spacial score (nSPS) is 23.2. The summed E-state index contributed by atoms with van der Waals surface area (Å²) in [6, 6.07) is 14.4. The fourth-order valence-electron chi connectivity index (χ4n) is 3.92. The zero-order valence-corrected chi connectivity index (χ0v) is 15.5. The maximum absolute atomic E-state index is 12.9. The SMILES string of the molecule is Cn1cccc1C(=O)N1CC[C@@H](OCC2CC2)[C@H](Cc2ccccc2)C1. The van der Waals surface area contributed by atoms with Crippen molar-refractivity contribution in [3.63, 3.8) is 0 Å². The number of piperidine rings is 1. The second-order valence-corrected chi connectivity index (χ2v) is 7.81. The summed E-state index contributed by atoms with van der Waals surface area (Å²) in [5.74, 6) is 1.26. The third-order valence-electron chi connectivity index (χ3n) is 5.70. The summed E-state index contributed by atoms with van der Waals surface area (Å²) in [6.45, 7) is 2.45. The lowest BCUT2D eigenvalue weighted by Gasteiger charge is -2.38. The Morgan fingerprint density at radius 3 is 2.62 bits per heavy atom. The van der Waals surface area contributed by atoms with Crippen LogP contribution in [0, 0.1) is 11.8 Å². The van der Waals surface area contributed by atoms with Crippen LogP contribution in [0.1, 0.15) is 35.3 Å².